The van der Waals surface area contributed by atoms with Gasteiger partial charge in [0.05, 0.1) is 0 Å². The first-order valence-electron chi connectivity index (χ1n) is 7.88. The van der Waals surface area contributed by atoms with E-state index in [2.05, 4.69) is 19.2 Å². The molecular formula is C20H20N2O2. The normalized spacial score (nSPS) is 17.0. The molecule has 0 fully saturated rings. The van der Waals surface area contributed by atoms with Crippen molar-refractivity contribution in [3.8, 4) is 0 Å². The zero-order chi connectivity index (χ0) is 17.3. The first-order chi connectivity index (χ1) is 11.4. The van der Waals surface area contributed by atoms with Crippen LogP contribution in [0.1, 0.15) is 45.7 Å². The number of benzene rings is 2. The summed E-state index contributed by atoms with van der Waals surface area (Å²) in [5.41, 5.74) is 8.95. The fourth-order valence-electron chi connectivity index (χ4n) is 3.02. The molecule has 1 aliphatic heterocycles. The number of hydrogen-bond acceptors (Lipinski definition) is 3. The summed E-state index contributed by atoms with van der Waals surface area (Å²) in [5.74, 6) is -0.553. The Morgan fingerprint density at radius 1 is 1.08 bits per heavy atom. The second-order valence-electron chi connectivity index (χ2n) is 6.71. The zero-order valence-corrected chi connectivity index (χ0v) is 13.8. The number of ketones is 1. The number of carbonyl (C=O) groups is 2. The minimum absolute atomic E-state index is 0.0776. The number of hydrogen-bond donors (Lipinski definition) is 2. The van der Waals surface area contributed by atoms with Gasteiger partial charge in [-0.15, -0.1) is 0 Å². The highest BCUT2D eigenvalue weighted by atomic mass is 16.1. The summed E-state index contributed by atoms with van der Waals surface area (Å²) in [4.78, 5) is 24.0. The molecule has 0 atom stereocenters. The maximum atomic E-state index is 12.5. The lowest BCUT2D eigenvalue weighted by Crippen LogP contribution is -2.44. The maximum absolute atomic E-state index is 12.5. The molecule has 0 bridgehead atoms. The molecule has 1 amide bonds. The summed E-state index contributed by atoms with van der Waals surface area (Å²) >= 11 is 0. The third-order valence-electron chi connectivity index (χ3n) is 4.12. The van der Waals surface area contributed by atoms with Crippen LogP contribution in [0.5, 0.6) is 0 Å². The van der Waals surface area contributed by atoms with E-state index in [-0.39, 0.29) is 11.3 Å². The molecule has 0 aliphatic carbocycles. The van der Waals surface area contributed by atoms with Crippen LogP contribution in [0.3, 0.4) is 0 Å². The number of amides is 1. The molecule has 0 unspecified atom stereocenters. The van der Waals surface area contributed by atoms with Crippen LogP contribution in [-0.4, -0.2) is 17.2 Å². The standard InChI is InChI=1S/C20H20N2O2/c1-20(2)12-15-9-8-14(19(21)24)10-16(15)17(22-20)11-18(23)13-6-4-3-5-7-13/h3-11,22H,12H2,1-2H3,(H2,21,24). The molecule has 24 heavy (non-hydrogen) atoms. The summed E-state index contributed by atoms with van der Waals surface area (Å²) in [6.07, 6.45) is 2.40. The van der Waals surface area contributed by atoms with Crippen molar-refractivity contribution < 1.29 is 9.59 Å². The molecule has 4 heteroatoms. The number of carbonyl (C=O) groups excluding carboxylic acids is 2. The number of nitrogens with two attached hydrogens (primary N) is 1. The summed E-state index contributed by atoms with van der Waals surface area (Å²) in [6.45, 7) is 4.16. The highest BCUT2D eigenvalue weighted by Crippen LogP contribution is 2.30. The predicted molar refractivity (Wildman–Crippen MR) is 94.6 cm³/mol. The van der Waals surface area contributed by atoms with Gasteiger partial charge >= 0.3 is 0 Å². The van der Waals surface area contributed by atoms with Gasteiger partial charge in [-0.3, -0.25) is 9.59 Å². The van der Waals surface area contributed by atoms with Crippen molar-refractivity contribution in [3.63, 3.8) is 0 Å². The average molecular weight is 320 g/mol. The van der Waals surface area contributed by atoms with Crippen molar-refractivity contribution in [1.29, 1.82) is 0 Å². The second kappa shape index (κ2) is 5.96. The SMILES string of the molecule is CC1(C)Cc2ccc(C(N)=O)cc2C(=CC(=O)c2ccccc2)N1. The van der Waals surface area contributed by atoms with E-state index in [1.807, 2.05) is 24.3 Å². The van der Waals surface area contributed by atoms with Crippen molar-refractivity contribution in [3.05, 3.63) is 76.9 Å². The summed E-state index contributed by atoms with van der Waals surface area (Å²) in [7, 11) is 0. The van der Waals surface area contributed by atoms with E-state index < -0.39 is 5.91 Å². The van der Waals surface area contributed by atoms with Gasteiger partial charge in [-0.1, -0.05) is 36.4 Å². The zero-order valence-electron chi connectivity index (χ0n) is 13.8. The summed E-state index contributed by atoms with van der Waals surface area (Å²) in [6, 6.07) is 14.5. The van der Waals surface area contributed by atoms with Crippen LogP contribution < -0.4 is 11.1 Å². The number of nitrogens with one attached hydrogen (secondary N) is 1. The van der Waals surface area contributed by atoms with Crippen LogP contribution in [0.2, 0.25) is 0 Å². The summed E-state index contributed by atoms with van der Waals surface area (Å²) in [5, 5.41) is 3.40. The molecule has 2 aromatic rings. The Morgan fingerprint density at radius 3 is 2.46 bits per heavy atom. The third kappa shape index (κ3) is 3.23. The smallest absolute Gasteiger partial charge is 0.248 e. The van der Waals surface area contributed by atoms with Gasteiger partial charge in [0.2, 0.25) is 5.91 Å². The second-order valence-corrected chi connectivity index (χ2v) is 6.71. The number of rotatable bonds is 3. The highest BCUT2D eigenvalue weighted by molar-refractivity contribution is 6.08. The van der Waals surface area contributed by atoms with E-state index in [4.69, 9.17) is 5.73 Å². The molecule has 4 nitrogen and oxygen atoms in total. The minimum atomic E-state index is -0.476. The van der Waals surface area contributed by atoms with Crippen molar-refractivity contribution >= 4 is 17.4 Å². The quantitative estimate of drug-likeness (QED) is 0.674. The number of primary amides is 1. The molecular weight excluding hydrogens is 300 g/mol. The van der Waals surface area contributed by atoms with Gasteiger partial charge in [0.1, 0.15) is 0 Å². The predicted octanol–water partition coefficient (Wildman–Crippen LogP) is 2.93. The largest absolute Gasteiger partial charge is 0.379 e. The molecule has 0 saturated carbocycles. The fourth-order valence-corrected chi connectivity index (χ4v) is 3.02. The van der Waals surface area contributed by atoms with Crippen molar-refractivity contribution in [2.75, 3.05) is 0 Å². The Morgan fingerprint density at radius 2 is 1.79 bits per heavy atom. The Kier molecular flexibility index (Phi) is 3.97. The lowest BCUT2D eigenvalue weighted by molar-refractivity contribution is 0.0999. The first-order valence-corrected chi connectivity index (χ1v) is 7.88. The Hall–Kier alpha value is -2.88. The van der Waals surface area contributed by atoms with Gasteiger partial charge in [-0.25, -0.2) is 0 Å². The molecule has 0 radical (unpaired) electrons. The van der Waals surface area contributed by atoms with E-state index >= 15 is 0 Å². The lowest BCUT2D eigenvalue weighted by Gasteiger charge is -2.35. The topological polar surface area (TPSA) is 72.2 Å². The Labute approximate surface area is 141 Å². The average Bonchev–Trinajstić information content (AvgIpc) is 2.54. The van der Waals surface area contributed by atoms with Gasteiger partial charge in [-0.05, 0) is 38.0 Å². The molecule has 3 N–H and O–H groups in total. The third-order valence-corrected chi connectivity index (χ3v) is 4.12. The van der Waals surface area contributed by atoms with E-state index in [0.29, 0.717) is 11.1 Å². The van der Waals surface area contributed by atoms with E-state index in [9.17, 15) is 9.59 Å². The van der Waals surface area contributed by atoms with Crippen molar-refractivity contribution in [1.82, 2.24) is 5.32 Å². The van der Waals surface area contributed by atoms with Gasteiger partial charge in [-0.2, -0.15) is 0 Å². The first kappa shape index (κ1) is 16.0. The Bertz CT molecular complexity index is 836. The maximum Gasteiger partial charge on any atom is 0.248 e. The minimum Gasteiger partial charge on any atom is -0.379 e. The van der Waals surface area contributed by atoms with Gasteiger partial charge in [0.25, 0.3) is 0 Å². The van der Waals surface area contributed by atoms with Crippen LogP contribution >= 0.6 is 0 Å². The number of fused-ring (bicyclic) bond motifs is 1. The van der Waals surface area contributed by atoms with Gasteiger partial charge < -0.3 is 11.1 Å². The van der Waals surface area contributed by atoms with Crippen LogP contribution in [0, 0.1) is 0 Å². The van der Waals surface area contributed by atoms with Crippen LogP contribution in [0.4, 0.5) is 0 Å². The monoisotopic (exact) mass is 320 g/mol. The van der Waals surface area contributed by atoms with Crippen LogP contribution in [0.25, 0.3) is 5.70 Å². The van der Waals surface area contributed by atoms with Crippen LogP contribution in [-0.2, 0) is 6.42 Å². The highest BCUT2D eigenvalue weighted by Gasteiger charge is 2.28. The fraction of sp³-hybridized carbons (Fsp3) is 0.200. The van der Waals surface area contributed by atoms with Gasteiger partial charge in [0, 0.05) is 34.0 Å². The number of allylic oxidation sites excluding steroid dienone is 1. The van der Waals surface area contributed by atoms with Gasteiger partial charge in [0.15, 0.2) is 5.78 Å². The van der Waals surface area contributed by atoms with E-state index in [0.717, 1.165) is 23.2 Å². The van der Waals surface area contributed by atoms with Crippen molar-refractivity contribution in [2.24, 2.45) is 5.73 Å². The van der Waals surface area contributed by atoms with Crippen molar-refractivity contribution in [2.45, 2.75) is 25.8 Å². The molecule has 0 spiro atoms. The molecule has 0 aromatic heterocycles. The molecule has 1 aliphatic rings. The molecule has 1 heterocycles. The Balaban J connectivity index is 2.07. The summed E-state index contributed by atoms with van der Waals surface area (Å²) < 4.78 is 0. The van der Waals surface area contributed by atoms with E-state index in [1.54, 1.807) is 30.3 Å². The molecule has 2 aromatic carbocycles. The molecule has 3 rings (SSSR count). The lowest BCUT2D eigenvalue weighted by atomic mass is 9.84. The van der Waals surface area contributed by atoms with Crippen LogP contribution in [0.15, 0.2) is 54.6 Å². The molecule has 122 valence electrons. The molecule has 0 saturated heterocycles. The van der Waals surface area contributed by atoms with E-state index in [1.165, 1.54) is 0 Å².